The molecule has 1 heterocycles. The summed E-state index contributed by atoms with van der Waals surface area (Å²) >= 11 is 1.69. The van der Waals surface area contributed by atoms with Crippen LogP contribution in [-0.4, -0.2) is 60.9 Å². The van der Waals surface area contributed by atoms with Crippen LogP contribution in [-0.2, 0) is 4.79 Å². The summed E-state index contributed by atoms with van der Waals surface area (Å²) in [4.78, 5) is 30.1. The van der Waals surface area contributed by atoms with Gasteiger partial charge in [0.2, 0.25) is 5.91 Å². The van der Waals surface area contributed by atoms with Crippen LogP contribution >= 0.6 is 11.8 Å². The summed E-state index contributed by atoms with van der Waals surface area (Å²) in [5, 5.41) is 2.97. The minimum Gasteiger partial charge on any atom is -0.368 e. The van der Waals surface area contributed by atoms with Gasteiger partial charge in [-0.3, -0.25) is 9.59 Å². The molecule has 0 saturated carbocycles. The number of aryl methyl sites for hydroxylation is 1. The molecule has 0 spiro atoms. The molecule has 0 aromatic heterocycles. The van der Waals surface area contributed by atoms with Crippen molar-refractivity contribution in [3.63, 3.8) is 0 Å². The number of piperazine rings is 1. The average Bonchev–Trinajstić information content (AvgIpc) is 2.78. The molecule has 5 nitrogen and oxygen atoms in total. The maximum Gasteiger partial charge on any atom is 0.251 e. The van der Waals surface area contributed by atoms with E-state index in [4.69, 9.17) is 0 Å². The molecule has 0 bridgehead atoms. The lowest BCUT2D eigenvalue weighted by atomic mass is 10.1. The molecule has 2 aromatic carbocycles. The molecule has 3 rings (SSSR count). The van der Waals surface area contributed by atoms with Crippen molar-refractivity contribution in [2.75, 3.05) is 43.1 Å². The summed E-state index contributed by atoms with van der Waals surface area (Å²) in [7, 11) is 0. The number of anilines is 1. The summed E-state index contributed by atoms with van der Waals surface area (Å²) in [5.74, 6) is 0.659. The molecule has 1 fully saturated rings. The number of nitrogens with one attached hydrogen (secondary N) is 1. The summed E-state index contributed by atoms with van der Waals surface area (Å²) in [6, 6.07) is 15.0. The second-order valence-corrected chi connectivity index (χ2v) is 8.69. The lowest BCUT2D eigenvalue weighted by Gasteiger charge is -2.38. The van der Waals surface area contributed by atoms with Gasteiger partial charge in [0.15, 0.2) is 0 Å². The number of rotatable bonds is 7. The van der Waals surface area contributed by atoms with Crippen LogP contribution in [0.4, 0.5) is 5.69 Å². The van der Waals surface area contributed by atoms with Gasteiger partial charge in [0.25, 0.3) is 5.91 Å². The number of carbonyl (C=O) groups excluding carboxylic acids is 2. The van der Waals surface area contributed by atoms with E-state index in [9.17, 15) is 9.59 Å². The highest BCUT2D eigenvalue weighted by atomic mass is 32.2. The van der Waals surface area contributed by atoms with Crippen molar-refractivity contribution < 1.29 is 9.59 Å². The third kappa shape index (κ3) is 5.36. The zero-order chi connectivity index (χ0) is 21.5. The van der Waals surface area contributed by atoms with Gasteiger partial charge in [-0.05, 0) is 61.6 Å². The summed E-state index contributed by atoms with van der Waals surface area (Å²) in [5.41, 5.74) is 4.41. The molecular formula is C24H31N3O2S. The van der Waals surface area contributed by atoms with Crippen molar-refractivity contribution in [2.45, 2.75) is 26.3 Å². The van der Waals surface area contributed by atoms with E-state index in [0.717, 1.165) is 18.8 Å². The Kier molecular flexibility index (Phi) is 7.80. The predicted molar refractivity (Wildman–Crippen MR) is 125 cm³/mol. The molecule has 1 aliphatic heterocycles. The standard InChI is InChI=1S/C24H31N3O2S/c1-18-8-7-11-22(19(18)2)26-13-15-27(16-14-26)24(29)21(12-17-30-3)25-23(28)20-9-5-4-6-10-20/h4-11,21H,12-17H2,1-3H3,(H,25,28). The van der Waals surface area contributed by atoms with E-state index in [0.29, 0.717) is 25.1 Å². The summed E-state index contributed by atoms with van der Waals surface area (Å²) in [6.07, 6.45) is 2.65. The smallest absolute Gasteiger partial charge is 0.251 e. The molecule has 160 valence electrons. The van der Waals surface area contributed by atoms with Crippen LogP contribution < -0.4 is 10.2 Å². The Hall–Kier alpha value is -2.47. The van der Waals surface area contributed by atoms with Gasteiger partial charge < -0.3 is 15.1 Å². The Morgan fingerprint density at radius 3 is 2.37 bits per heavy atom. The number of nitrogens with zero attached hydrogens (tertiary/aromatic N) is 2. The third-order valence-corrected chi connectivity index (χ3v) is 6.40. The summed E-state index contributed by atoms with van der Waals surface area (Å²) in [6.45, 7) is 7.23. The van der Waals surface area contributed by atoms with Crippen molar-refractivity contribution >= 4 is 29.3 Å². The average molecular weight is 426 g/mol. The Balaban J connectivity index is 1.64. The number of thioether (sulfide) groups is 1. The molecule has 1 atom stereocenters. The molecule has 1 unspecified atom stereocenters. The van der Waals surface area contributed by atoms with Crippen LogP contribution in [0.3, 0.4) is 0 Å². The van der Waals surface area contributed by atoms with E-state index in [2.05, 4.69) is 42.3 Å². The Morgan fingerprint density at radius 2 is 1.70 bits per heavy atom. The fourth-order valence-corrected chi connectivity index (χ4v) is 4.26. The first kappa shape index (κ1) is 22.2. The molecule has 0 radical (unpaired) electrons. The third-order valence-electron chi connectivity index (χ3n) is 5.76. The topological polar surface area (TPSA) is 52.7 Å². The monoisotopic (exact) mass is 425 g/mol. The van der Waals surface area contributed by atoms with E-state index < -0.39 is 6.04 Å². The number of benzene rings is 2. The van der Waals surface area contributed by atoms with Gasteiger partial charge in [0, 0.05) is 37.4 Å². The van der Waals surface area contributed by atoms with Crippen LogP contribution in [0.15, 0.2) is 48.5 Å². The fourth-order valence-electron chi connectivity index (χ4n) is 3.79. The highest BCUT2D eigenvalue weighted by Gasteiger charge is 2.29. The van der Waals surface area contributed by atoms with Gasteiger partial charge in [0.1, 0.15) is 6.04 Å². The molecular weight excluding hydrogens is 394 g/mol. The van der Waals surface area contributed by atoms with Crippen LogP contribution in [0.2, 0.25) is 0 Å². The molecule has 30 heavy (non-hydrogen) atoms. The maximum atomic E-state index is 13.2. The second-order valence-electron chi connectivity index (χ2n) is 7.70. The number of hydrogen-bond donors (Lipinski definition) is 1. The quantitative estimate of drug-likeness (QED) is 0.738. The normalized spacial score (nSPS) is 15.0. The molecule has 6 heteroatoms. The Labute approximate surface area is 183 Å². The van der Waals surface area contributed by atoms with E-state index in [1.54, 1.807) is 23.9 Å². The number of amides is 2. The first-order chi connectivity index (χ1) is 14.5. The van der Waals surface area contributed by atoms with E-state index >= 15 is 0 Å². The van der Waals surface area contributed by atoms with Gasteiger partial charge in [-0.2, -0.15) is 11.8 Å². The van der Waals surface area contributed by atoms with Gasteiger partial charge >= 0.3 is 0 Å². The van der Waals surface area contributed by atoms with E-state index in [1.165, 1.54) is 16.8 Å². The zero-order valence-electron chi connectivity index (χ0n) is 18.1. The molecule has 1 aliphatic rings. The SMILES string of the molecule is CSCCC(NC(=O)c1ccccc1)C(=O)N1CCN(c2cccc(C)c2C)CC1. The minimum absolute atomic E-state index is 0.0222. The lowest BCUT2D eigenvalue weighted by Crippen LogP contribution is -2.55. The number of carbonyl (C=O) groups is 2. The molecule has 0 aliphatic carbocycles. The van der Waals surface area contributed by atoms with Gasteiger partial charge in [0.05, 0.1) is 0 Å². The van der Waals surface area contributed by atoms with Crippen molar-refractivity contribution in [3.8, 4) is 0 Å². The van der Waals surface area contributed by atoms with Crippen molar-refractivity contribution in [1.82, 2.24) is 10.2 Å². The predicted octanol–water partition coefficient (Wildman–Crippen LogP) is 3.50. The van der Waals surface area contributed by atoms with Crippen molar-refractivity contribution in [1.29, 1.82) is 0 Å². The van der Waals surface area contributed by atoms with Gasteiger partial charge in [-0.1, -0.05) is 30.3 Å². The van der Waals surface area contributed by atoms with Gasteiger partial charge in [-0.15, -0.1) is 0 Å². The van der Waals surface area contributed by atoms with Crippen molar-refractivity contribution in [3.05, 3.63) is 65.2 Å². The van der Waals surface area contributed by atoms with Crippen LogP contribution in [0, 0.1) is 13.8 Å². The van der Waals surface area contributed by atoms with E-state index in [1.807, 2.05) is 29.4 Å². The summed E-state index contributed by atoms with van der Waals surface area (Å²) < 4.78 is 0. The van der Waals surface area contributed by atoms with Crippen molar-refractivity contribution in [2.24, 2.45) is 0 Å². The Bertz CT molecular complexity index is 864. The lowest BCUT2D eigenvalue weighted by molar-refractivity contribution is -0.133. The molecule has 2 aromatic rings. The molecule has 1 saturated heterocycles. The van der Waals surface area contributed by atoms with E-state index in [-0.39, 0.29) is 11.8 Å². The molecule has 2 amide bonds. The van der Waals surface area contributed by atoms with Crippen LogP contribution in [0.5, 0.6) is 0 Å². The number of hydrogen-bond acceptors (Lipinski definition) is 4. The Morgan fingerprint density at radius 1 is 1.00 bits per heavy atom. The second kappa shape index (κ2) is 10.5. The largest absolute Gasteiger partial charge is 0.368 e. The zero-order valence-corrected chi connectivity index (χ0v) is 18.9. The highest BCUT2D eigenvalue weighted by Crippen LogP contribution is 2.24. The fraction of sp³-hybridized carbons (Fsp3) is 0.417. The van der Waals surface area contributed by atoms with Crippen LogP contribution in [0.1, 0.15) is 27.9 Å². The minimum atomic E-state index is -0.489. The highest BCUT2D eigenvalue weighted by molar-refractivity contribution is 7.98. The first-order valence-corrected chi connectivity index (χ1v) is 11.9. The maximum absolute atomic E-state index is 13.2. The van der Waals surface area contributed by atoms with Crippen LogP contribution in [0.25, 0.3) is 0 Å². The molecule has 1 N–H and O–H groups in total. The van der Waals surface area contributed by atoms with Gasteiger partial charge in [-0.25, -0.2) is 0 Å². The first-order valence-electron chi connectivity index (χ1n) is 10.5.